The highest BCUT2D eigenvalue weighted by molar-refractivity contribution is 7.91. The zero-order valence-electron chi connectivity index (χ0n) is 16.4. The molecule has 1 unspecified atom stereocenters. The van der Waals surface area contributed by atoms with Crippen LogP contribution >= 0.6 is 11.3 Å². The Hall–Kier alpha value is -2.41. The molecule has 1 aliphatic heterocycles. The van der Waals surface area contributed by atoms with Crippen molar-refractivity contribution in [1.29, 1.82) is 0 Å². The number of ether oxygens (including phenoxy) is 1. The molecule has 0 radical (unpaired) electrons. The Balaban J connectivity index is 1.45. The highest BCUT2D eigenvalue weighted by Gasteiger charge is 2.27. The van der Waals surface area contributed by atoms with Gasteiger partial charge in [0.05, 0.1) is 32.6 Å². The zero-order valence-corrected chi connectivity index (χ0v) is 18.1. The van der Waals surface area contributed by atoms with Gasteiger partial charge in [0.25, 0.3) is 10.0 Å². The molecular weight excluding hydrogens is 432 g/mol. The molecule has 1 aliphatic rings. The number of nitrogens with zero attached hydrogens (tertiary/aromatic N) is 1. The quantitative estimate of drug-likeness (QED) is 0.540. The van der Waals surface area contributed by atoms with E-state index < -0.39 is 22.1 Å². The minimum atomic E-state index is -3.55. The summed E-state index contributed by atoms with van der Waals surface area (Å²) in [7, 11) is -3.55. The number of sulfonamides is 1. The molecule has 0 aliphatic carbocycles. The van der Waals surface area contributed by atoms with Crippen LogP contribution in [-0.2, 0) is 32.6 Å². The second-order valence-corrected chi connectivity index (χ2v) is 9.92. The topological polar surface area (TPSA) is 130 Å². The number of morpholine rings is 1. The number of carbonyl (C=O) groups excluding carboxylic acids is 2. The summed E-state index contributed by atoms with van der Waals surface area (Å²) >= 11 is 1.10. The van der Waals surface area contributed by atoms with Crippen LogP contribution in [-0.4, -0.2) is 57.0 Å². The van der Waals surface area contributed by atoms with Gasteiger partial charge in [0.2, 0.25) is 5.91 Å². The predicted octanol–water partition coefficient (Wildman–Crippen LogP) is 0.866. The third-order valence-electron chi connectivity index (χ3n) is 4.38. The number of furan rings is 1. The molecule has 3 N–H and O–H groups in total. The molecule has 164 valence electrons. The van der Waals surface area contributed by atoms with Gasteiger partial charge < -0.3 is 25.1 Å². The van der Waals surface area contributed by atoms with Crippen LogP contribution in [0.5, 0.6) is 0 Å². The number of hydrogen-bond donors (Lipinski definition) is 3. The Bertz CT molecular complexity index is 951. The summed E-state index contributed by atoms with van der Waals surface area (Å²) in [5.74, 6) is 0.261. The van der Waals surface area contributed by atoms with Gasteiger partial charge in [-0.05, 0) is 31.2 Å². The van der Waals surface area contributed by atoms with Gasteiger partial charge >= 0.3 is 6.03 Å². The van der Waals surface area contributed by atoms with Crippen LogP contribution in [0.4, 0.5) is 4.79 Å². The first kappa shape index (κ1) is 22.3. The summed E-state index contributed by atoms with van der Waals surface area (Å²) in [6.07, 6.45) is 1.51. The van der Waals surface area contributed by atoms with E-state index in [2.05, 4.69) is 16.0 Å². The maximum absolute atomic E-state index is 12.6. The monoisotopic (exact) mass is 456 g/mol. The summed E-state index contributed by atoms with van der Waals surface area (Å²) in [6.45, 7) is 3.37. The Morgan fingerprint density at radius 2 is 1.93 bits per heavy atom. The first-order valence-electron chi connectivity index (χ1n) is 9.37. The first-order valence-corrected chi connectivity index (χ1v) is 11.6. The molecule has 0 aromatic carbocycles. The van der Waals surface area contributed by atoms with Crippen molar-refractivity contribution < 1.29 is 27.2 Å². The van der Waals surface area contributed by atoms with Gasteiger partial charge in [0, 0.05) is 18.0 Å². The lowest BCUT2D eigenvalue weighted by atomic mass is 10.3. The summed E-state index contributed by atoms with van der Waals surface area (Å²) in [5, 5.41) is 7.83. The third kappa shape index (κ3) is 5.81. The third-order valence-corrected chi connectivity index (χ3v) is 7.83. The lowest BCUT2D eigenvalue weighted by molar-refractivity contribution is -0.122. The zero-order chi connectivity index (χ0) is 21.6. The second-order valence-electron chi connectivity index (χ2n) is 6.58. The molecule has 2 aromatic heterocycles. The van der Waals surface area contributed by atoms with Gasteiger partial charge in [0.1, 0.15) is 16.0 Å². The number of nitrogens with one attached hydrogen (secondary N) is 3. The van der Waals surface area contributed by atoms with Crippen molar-refractivity contribution in [2.75, 3.05) is 26.3 Å². The number of rotatable bonds is 8. The van der Waals surface area contributed by atoms with Gasteiger partial charge in [-0.3, -0.25) is 4.79 Å². The summed E-state index contributed by atoms with van der Waals surface area (Å²) in [6, 6.07) is 5.38. The lowest BCUT2D eigenvalue weighted by Crippen LogP contribution is -2.48. The van der Waals surface area contributed by atoms with Crippen molar-refractivity contribution in [1.82, 2.24) is 20.3 Å². The number of thiophene rings is 1. The second kappa shape index (κ2) is 10.1. The fourth-order valence-corrected chi connectivity index (χ4v) is 5.58. The standard InChI is InChI=1S/C18H24N4O6S2/c1-13(17(23)19-11-14-3-2-8-28-14)21-18(24)20-12-15-4-5-16(29-15)30(25,26)22-6-9-27-10-7-22/h2-5,8,13H,6-7,9-12H2,1H3,(H,19,23)(H2,20,21,24). The van der Waals surface area contributed by atoms with Crippen molar-refractivity contribution in [3.8, 4) is 0 Å². The number of hydrogen-bond acceptors (Lipinski definition) is 7. The molecule has 10 nitrogen and oxygen atoms in total. The first-order chi connectivity index (χ1) is 14.4. The molecule has 0 saturated carbocycles. The Morgan fingerprint density at radius 3 is 2.63 bits per heavy atom. The maximum Gasteiger partial charge on any atom is 0.315 e. The van der Waals surface area contributed by atoms with Gasteiger partial charge in [-0.2, -0.15) is 4.31 Å². The van der Waals surface area contributed by atoms with Crippen molar-refractivity contribution in [2.45, 2.75) is 30.3 Å². The van der Waals surface area contributed by atoms with E-state index >= 15 is 0 Å². The van der Waals surface area contributed by atoms with Crippen LogP contribution in [0.15, 0.2) is 39.2 Å². The molecule has 3 amide bonds. The molecule has 1 saturated heterocycles. The SMILES string of the molecule is CC(NC(=O)NCc1ccc(S(=O)(=O)N2CCOCC2)s1)C(=O)NCc1ccco1. The molecule has 2 aromatic rings. The summed E-state index contributed by atoms with van der Waals surface area (Å²) in [4.78, 5) is 24.8. The molecule has 1 atom stereocenters. The maximum atomic E-state index is 12.6. The van der Waals surface area contributed by atoms with E-state index in [0.717, 1.165) is 11.3 Å². The van der Waals surface area contributed by atoms with Crippen LogP contribution < -0.4 is 16.0 Å². The lowest BCUT2D eigenvalue weighted by Gasteiger charge is -2.25. The van der Waals surface area contributed by atoms with Crippen LogP contribution in [0.1, 0.15) is 17.6 Å². The number of amides is 3. The van der Waals surface area contributed by atoms with Crippen molar-refractivity contribution in [3.63, 3.8) is 0 Å². The van der Waals surface area contributed by atoms with Gasteiger partial charge in [-0.15, -0.1) is 11.3 Å². The van der Waals surface area contributed by atoms with Crippen LogP contribution in [0.25, 0.3) is 0 Å². The van der Waals surface area contributed by atoms with Crippen LogP contribution in [0.2, 0.25) is 0 Å². The Labute approximate surface area is 178 Å². The predicted molar refractivity (Wildman–Crippen MR) is 109 cm³/mol. The highest BCUT2D eigenvalue weighted by Crippen LogP contribution is 2.25. The largest absolute Gasteiger partial charge is 0.467 e. The highest BCUT2D eigenvalue weighted by atomic mass is 32.2. The fraction of sp³-hybridized carbons (Fsp3) is 0.444. The van der Waals surface area contributed by atoms with Crippen LogP contribution in [0, 0.1) is 0 Å². The molecular formula is C18H24N4O6S2. The van der Waals surface area contributed by atoms with Gasteiger partial charge in [-0.25, -0.2) is 13.2 Å². The molecule has 3 heterocycles. The average molecular weight is 457 g/mol. The number of urea groups is 1. The molecule has 30 heavy (non-hydrogen) atoms. The van der Waals surface area contributed by atoms with Gasteiger partial charge in [0.15, 0.2) is 0 Å². The van der Waals surface area contributed by atoms with E-state index in [0.29, 0.717) is 36.9 Å². The van der Waals surface area contributed by atoms with Crippen molar-refractivity contribution >= 4 is 33.3 Å². The van der Waals surface area contributed by atoms with Crippen molar-refractivity contribution in [3.05, 3.63) is 41.2 Å². The fourth-order valence-electron chi connectivity index (χ4n) is 2.73. The molecule has 0 spiro atoms. The summed E-state index contributed by atoms with van der Waals surface area (Å²) in [5.41, 5.74) is 0. The minimum absolute atomic E-state index is 0.149. The number of carbonyl (C=O) groups is 2. The summed E-state index contributed by atoms with van der Waals surface area (Å²) < 4.78 is 37.2. The van der Waals surface area contributed by atoms with E-state index in [1.807, 2.05) is 0 Å². The molecule has 1 fully saturated rings. The Kier molecular flexibility index (Phi) is 7.48. The average Bonchev–Trinajstić information content (AvgIpc) is 3.43. The van der Waals surface area contributed by atoms with E-state index in [1.165, 1.54) is 16.6 Å². The molecule has 0 bridgehead atoms. The molecule has 3 rings (SSSR count). The van der Waals surface area contributed by atoms with E-state index in [-0.39, 0.29) is 23.2 Å². The van der Waals surface area contributed by atoms with Gasteiger partial charge in [-0.1, -0.05) is 0 Å². The van der Waals surface area contributed by atoms with E-state index in [9.17, 15) is 18.0 Å². The van der Waals surface area contributed by atoms with Crippen LogP contribution in [0.3, 0.4) is 0 Å². The van der Waals surface area contributed by atoms with Crippen molar-refractivity contribution in [2.24, 2.45) is 0 Å². The minimum Gasteiger partial charge on any atom is -0.467 e. The van der Waals surface area contributed by atoms with E-state index in [4.69, 9.17) is 9.15 Å². The van der Waals surface area contributed by atoms with E-state index in [1.54, 1.807) is 25.1 Å². The smallest absolute Gasteiger partial charge is 0.315 e. The normalized spacial score (nSPS) is 16.0. The molecule has 12 heteroatoms. The Morgan fingerprint density at radius 1 is 1.17 bits per heavy atom.